The van der Waals surface area contributed by atoms with Gasteiger partial charge in [0.15, 0.2) is 0 Å². The Bertz CT molecular complexity index is 637. The zero-order chi connectivity index (χ0) is 15.5. The summed E-state index contributed by atoms with van der Waals surface area (Å²) in [5.74, 6) is 5.11. The Balaban J connectivity index is 1.57. The average molecular weight is 302 g/mol. The van der Waals surface area contributed by atoms with Crippen molar-refractivity contribution in [2.75, 3.05) is 0 Å². The highest BCUT2D eigenvalue weighted by Gasteiger charge is 2.35. The van der Waals surface area contributed by atoms with Crippen molar-refractivity contribution in [3.63, 3.8) is 0 Å². The van der Waals surface area contributed by atoms with Gasteiger partial charge in [0, 0.05) is 23.6 Å². The molecule has 1 fully saturated rings. The van der Waals surface area contributed by atoms with Gasteiger partial charge in [0.05, 0.1) is 0 Å². The molecule has 1 aromatic heterocycles. The van der Waals surface area contributed by atoms with E-state index in [2.05, 4.69) is 15.9 Å². The van der Waals surface area contributed by atoms with Crippen LogP contribution in [0.15, 0.2) is 40.9 Å². The van der Waals surface area contributed by atoms with Crippen LogP contribution in [0.25, 0.3) is 11.3 Å². The quantitative estimate of drug-likeness (QED) is 0.366. The molecule has 3 rings (SSSR count). The van der Waals surface area contributed by atoms with Crippen LogP contribution in [0.4, 0.5) is 0 Å². The highest BCUT2D eigenvalue weighted by Crippen LogP contribution is 2.29. The summed E-state index contributed by atoms with van der Waals surface area (Å²) in [6.07, 6.45) is 0.622. The molecule has 2 aromatic rings. The normalized spacial score (nSPS) is 21.9. The van der Waals surface area contributed by atoms with Crippen molar-refractivity contribution >= 4 is 5.91 Å². The second-order valence-corrected chi connectivity index (χ2v) is 5.46. The molecule has 0 aliphatic heterocycles. The van der Waals surface area contributed by atoms with E-state index < -0.39 is 6.23 Å². The second-order valence-electron chi connectivity index (χ2n) is 5.46. The number of rotatable bonds is 5. The molecular weight excluding hydrogens is 284 g/mol. The second kappa shape index (κ2) is 6.27. The van der Waals surface area contributed by atoms with Crippen molar-refractivity contribution in [1.82, 2.24) is 15.9 Å². The van der Waals surface area contributed by atoms with E-state index in [9.17, 15) is 9.90 Å². The Hall–Kier alpha value is -2.22. The van der Waals surface area contributed by atoms with E-state index in [1.165, 1.54) is 0 Å². The first-order chi connectivity index (χ1) is 10.7. The smallest absolute Gasteiger partial charge is 0.290 e. The summed E-state index contributed by atoms with van der Waals surface area (Å²) < 4.78 is 5.10. The molecule has 5 N–H and O–H groups in total. The van der Waals surface area contributed by atoms with Gasteiger partial charge in [0.25, 0.3) is 5.91 Å². The number of hydrogen-bond donors (Lipinski definition) is 4. The van der Waals surface area contributed by atoms with Gasteiger partial charge in [0.1, 0.15) is 11.9 Å². The van der Waals surface area contributed by atoms with Gasteiger partial charge in [-0.2, -0.15) is 0 Å². The lowest BCUT2D eigenvalue weighted by molar-refractivity contribution is 0.0173. The number of amides is 1. The van der Waals surface area contributed by atoms with Crippen molar-refractivity contribution < 1.29 is 14.4 Å². The standard InChI is InChI=1S/C15H18N4O3/c16-18-14(20)10-6-11(7-10)17-15(21)13-8-12(19-22-13)9-4-2-1-3-5-9/h1-5,8,10-11,14,18,20H,6-7,16H2,(H,17,21). The Kier molecular flexibility index (Phi) is 4.19. The molecule has 22 heavy (non-hydrogen) atoms. The first-order valence-electron chi connectivity index (χ1n) is 7.14. The molecule has 7 nitrogen and oxygen atoms in total. The summed E-state index contributed by atoms with van der Waals surface area (Å²) in [6.45, 7) is 0. The van der Waals surface area contributed by atoms with E-state index in [1.807, 2.05) is 30.3 Å². The molecule has 1 amide bonds. The predicted molar refractivity (Wildman–Crippen MR) is 79.2 cm³/mol. The van der Waals surface area contributed by atoms with Gasteiger partial charge in [0.2, 0.25) is 5.76 Å². The van der Waals surface area contributed by atoms with Gasteiger partial charge in [-0.15, -0.1) is 0 Å². The lowest BCUT2D eigenvalue weighted by Gasteiger charge is -2.37. The van der Waals surface area contributed by atoms with Crippen molar-refractivity contribution in [1.29, 1.82) is 0 Å². The largest absolute Gasteiger partial charge is 0.377 e. The van der Waals surface area contributed by atoms with Gasteiger partial charge in [-0.25, -0.2) is 5.43 Å². The molecule has 1 aliphatic carbocycles. The number of aromatic nitrogens is 1. The van der Waals surface area contributed by atoms with E-state index in [0.717, 1.165) is 5.56 Å². The number of carbonyl (C=O) groups excluding carboxylic acids is 1. The van der Waals surface area contributed by atoms with Crippen molar-refractivity contribution in [2.45, 2.75) is 25.1 Å². The number of benzene rings is 1. The van der Waals surface area contributed by atoms with Crippen LogP contribution in [0.1, 0.15) is 23.4 Å². The Morgan fingerprint density at radius 2 is 2.09 bits per heavy atom. The maximum Gasteiger partial charge on any atom is 0.290 e. The first kappa shape index (κ1) is 14.7. The predicted octanol–water partition coefficient (Wildman–Crippen LogP) is 0.632. The van der Waals surface area contributed by atoms with Gasteiger partial charge < -0.3 is 14.9 Å². The number of hydrogen-bond acceptors (Lipinski definition) is 6. The summed E-state index contributed by atoms with van der Waals surface area (Å²) >= 11 is 0. The summed E-state index contributed by atoms with van der Waals surface area (Å²) in [4.78, 5) is 12.1. The number of aliphatic hydroxyl groups excluding tert-OH is 1. The third-order valence-electron chi connectivity index (χ3n) is 3.93. The Morgan fingerprint density at radius 3 is 2.77 bits per heavy atom. The van der Waals surface area contributed by atoms with E-state index in [-0.39, 0.29) is 23.6 Å². The third-order valence-corrected chi connectivity index (χ3v) is 3.93. The molecule has 1 atom stereocenters. The van der Waals surface area contributed by atoms with Crippen molar-refractivity contribution in [2.24, 2.45) is 11.8 Å². The molecule has 0 bridgehead atoms. The molecule has 7 heteroatoms. The summed E-state index contributed by atoms with van der Waals surface area (Å²) in [5.41, 5.74) is 3.83. The molecule has 1 aromatic carbocycles. The van der Waals surface area contributed by atoms with Crippen LogP contribution in [0.2, 0.25) is 0 Å². The van der Waals surface area contributed by atoms with E-state index in [4.69, 9.17) is 10.4 Å². The average Bonchev–Trinajstić information content (AvgIpc) is 3.00. The maximum atomic E-state index is 12.1. The molecule has 1 unspecified atom stereocenters. The van der Waals surface area contributed by atoms with Crippen molar-refractivity contribution in [3.8, 4) is 11.3 Å². The number of carbonyl (C=O) groups is 1. The van der Waals surface area contributed by atoms with E-state index in [0.29, 0.717) is 18.5 Å². The molecule has 116 valence electrons. The van der Waals surface area contributed by atoms with Gasteiger partial charge >= 0.3 is 0 Å². The van der Waals surface area contributed by atoms with Crippen molar-refractivity contribution in [3.05, 3.63) is 42.2 Å². The molecule has 0 spiro atoms. The zero-order valence-corrected chi connectivity index (χ0v) is 11.9. The topological polar surface area (TPSA) is 113 Å². The SMILES string of the molecule is NNC(O)C1CC(NC(=O)c2cc(-c3ccccc3)no2)C1. The fourth-order valence-corrected chi connectivity index (χ4v) is 2.56. The molecule has 1 aliphatic rings. The van der Waals surface area contributed by atoms with E-state index >= 15 is 0 Å². The third kappa shape index (κ3) is 3.01. The number of nitrogens with two attached hydrogens (primary N) is 1. The lowest BCUT2D eigenvalue weighted by Crippen LogP contribution is -2.52. The number of nitrogens with one attached hydrogen (secondary N) is 2. The van der Waals surface area contributed by atoms with Crippen LogP contribution in [-0.2, 0) is 0 Å². The van der Waals surface area contributed by atoms with Crippen LogP contribution in [0.5, 0.6) is 0 Å². The van der Waals surface area contributed by atoms with Gasteiger partial charge in [-0.1, -0.05) is 35.5 Å². The highest BCUT2D eigenvalue weighted by atomic mass is 16.5. The summed E-state index contributed by atoms with van der Waals surface area (Å²) in [5, 5.41) is 16.3. The number of nitrogens with zero attached hydrogens (tertiary/aromatic N) is 1. The minimum atomic E-state index is -0.733. The Labute approximate surface area is 127 Å². The minimum Gasteiger partial charge on any atom is -0.377 e. The summed E-state index contributed by atoms with van der Waals surface area (Å²) in [6, 6.07) is 11.1. The van der Waals surface area contributed by atoms with Crippen LogP contribution >= 0.6 is 0 Å². The molecular formula is C15H18N4O3. The van der Waals surface area contributed by atoms with E-state index in [1.54, 1.807) is 6.07 Å². The first-order valence-corrected chi connectivity index (χ1v) is 7.14. The molecule has 0 radical (unpaired) electrons. The Morgan fingerprint density at radius 1 is 1.36 bits per heavy atom. The maximum absolute atomic E-state index is 12.1. The highest BCUT2D eigenvalue weighted by molar-refractivity contribution is 5.92. The van der Waals surface area contributed by atoms with Crippen LogP contribution in [0.3, 0.4) is 0 Å². The molecule has 0 saturated heterocycles. The zero-order valence-electron chi connectivity index (χ0n) is 11.9. The minimum absolute atomic E-state index is 0.0192. The van der Waals surface area contributed by atoms with Crippen LogP contribution < -0.4 is 16.6 Å². The molecule has 1 heterocycles. The fourth-order valence-electron chi connectivity index (χ4n) is 2.56. The molecule has 1 saturated carbocycles. The van der Waals surface area contributed by atoms with Gasteiger partial charge in [-0.3, -0.25) is 10.6 Å². The van der Waals surface area contributed by atoms with Crippen LogP contribution in [0, 0.1) is 5.92 Å². The fraction of sp³-hybridized carbons (Fsp3) is 0.333. The van der Waals surface area contributed by atoms with Gasteiger partial charge in [-0.05, 0) is 12.8 Å². The lowest BCUT2D eigenvalue weighted by atomic mass is 9.79. The number of hydrazine groups is 1. The van der Waals surface area contributed by atoms with Crippen LogP contribution in [-0.4, -0.2) is 28.4 Å². The monoisotopic (exact) mass is 302 g/mol. The number of aliphatic hydroxyl groups is 1. The summed E-state index contributed by atoms with van der Waals surface area (Å²) in [7, 11) is 0.